The van der Waals surface area contributed by atoms with Crippen molar-refractivity contribution in [2.24, 2.45) is 11.8 Å². The Morgan fingerprint density at radius 2 is 1.15 bits per heavy atom. The molecule has 1 saturated carbocycles. The number of fused-ring (bicyclic) bond motifs is 7. The summed E-state index contributed by atoms with van der Waals surface area (Å²) in [4.78, 5) is 2.46. The van der Waals surface area contributed by atoms with Gasteiger partial charge in [0.2, 0.25) is 0 Å². The second-order valence-corrected chi connectivity index (χ2v) is 15.0. The van der Waals surface area contributed by atoms with E-state index in [0.717, 1.165) is 18.5 Å². The summed E-state index contributed by atoms with van der Waals surface area (Å²) in [6, 6.07) is 60.2. The van der Waals surface area contributed by atoms with Crippen LogP contribution in [-0.2, 0) is 5.41 Å². The molecule has 0 unspecified atom stereocenters. The van der Waals surface area contributed by atoms with Gasteiger partial charge in [0.1, 0.15) is 0 Å². The molecule has 3 aliphatic rings. The van der Waals surface area contributed by atoms with E-state index in [9.17, 15) is 0 Å². The lowest BCUT2D eigenvalue weighted by molar-refractivity contribution is 0.370. The molecule has 0 aliphatic heterocycles. The summed E-state index contributed by atoms with van der Waals surface area (Å²) < 4.78 is 2.42. The van der Waals surface area contributed by atoms with Gasteiger partial charge >= 0.3 is 0 Å². The summed E-state index contributed by atoms with van der Waals surface area (Å²) in [6.45, 7) is 2.47. The summed E-state index contributed by atoms with van der Waals surface area (Å²) in [5.74, 6) is 8.20. The first kappa shape index (κ1) is 30.8. The Labute approximate surface area is 306 Å². The normalized spacial score (nSPS) is 19.4. The van der Waals surface area contributed by atoms with Gasteiger partial charge < -0.3 is 9.47 Å². The molecule has 1 heterocycles. The third-order valence-electron chi connectivity index (χ3n) is 11.7. The van der Waals surface area contributed by atoms with E-state index in [1.54, 1.807) is 0 Å². The maximum Gasteiger partial charge on any atom is 0.0541 e. The molecule has 250 valence electrons. The van der Waals surface area contributed by atoms with E-state index in [1.165, 1.54) is 79.2 Å². The molecule has 1 fully saturated rings. The Balaban J connectivity index is 1.10. The highest BCUT2D eigenvalue weighted by atomic mass is 15.1. The van der Waals surface area contributed by atoms with Gasteiger partial charge in [0.05, 0.1) is 22.4 Å². The standard InChI is InChI=1S/C50H40N2/c1-50(33-35-24-25-36(34-50)27-26-35)39-14-11-15-41(32-39)51(46-23-10-13-37-12-2-3-16-42(37)46)40-30-28-38(29-31-40)43-17-4-7-20-47(43)52-48-21-8-5-18-44(48)45-19-6-9-22-49(45)52/h2-23,28-32,35-36H,24-25,33-34H2,1H3/t35-,36-/m1/s1. The van der Waals surface area contributed by atoms with Gasteiger partial charge in [-0.3, -0.25) is 0 Å². The first-order valence-electron chi connectivity index (χ1n) is 18.7. The van der Waals surface area contributed by atoms with Crippen LogP contribution in [0.25, 0.3) is 49.4 Å². The lowest BCUT2D eigenvalue weighted by Gasteiger charge is -2.33. The molecular formula is C50H40N2. The van der Waals surface area contributed by atoms with E-state index in [-0.39, 0.29) is 5.41 Å². The SMILES string of the molecule is CC1(c2cccc(N(c3ccc(-c4ccccc4-n4c5ccccc5c5ccccc54)cc3)c3cccc4ccccc34)c2)C[C@H]2C#C[C@@H](CC2)C1. The second-order valence-electron chi connectivity index (χ2n) is 15.0. The average molecular weight is 669 g/mol. The molecule has 2 bridgehead atoms. The van der Waals surface area contributed by atoms with Crippen LogP contribution in [0.15, 0.2) is 164 Å². The molecule has 0 amide bonds. The number of hydrogen-bond donors (Lipinski definition) is 0. The first-order chi connectivity index (χ1) is 25.6. The van der Waals surface area contributed by atoms with E-state index in [0.29, 0.717) is 11.8 Å². The average Bonchev–Trinajstić information content (AvgIpc) is 3.30. The Morgan fingerprint density at radius 1 is 0.558 bits per heavy atom. The van der Waals surface area contributed by atoms with Crippen LogP contribution in [0.2, 0.25) is 0 Å². The fourth-order valence-corrected chi connectivity index (χ4v) is 9.23. The maximum atomic E-state index is 3.60. The van der Waals surface area contributed by atoms with Crippen LogP contribution in [0.1, 0.15) is 38.2 Å². The van der Waals surface area contributed by atoms with E-state index in [2.05, 4.69) is 192 Å². The molecule has 0 spiro atoms. The van der Waals surface area contributed by atoms with Crippen molar-refractivity contribution in [3.8, 4) is 28.7 Å². The summed E-state index contributed by atoms with van der Waals surface area (Å²) >= 11 is 0. The zero-order valence-corrected chi connectivity index (χ0v) is 29.5. The van der Waals surface area contributed by atoms with Gasteiger partial charge in [-0.05, 0) is 96.1 Å². The van der Waals surface area contributed by atoms with Crippen molar-refractivity contribution in [2.75, 3.05) is 4.90 Å². The molecule has 52 heavy (non-hydrogen) atoms. The number of rotatable bonds is 6. The van der Waals surface area contributed by atoms with Crippen molar-refractivity contribution in [3.63, 3.8) is 0 Å². The van der Waals surface area contributed by atoms with Gasteiger partial charge in [-0.1, -0.05) is 134 Å². The molecule has 3 aliphatic carbocycles. The second kappa shape index (κ2) is 12.3. The lowest BCUT2D eigenvalue weighted by Crippen LogP contribution is -2.25. The van der Waals surface area contributed by atoms with Crippen molar-refractivity contribution in [1.82, 2.24) is 4.57 Å². The van der Waals surface area contributed by atoms with Crippen LogP contribution in [0.4, 0.5) is 17.1 Å². The molecule has 7 aromatic carbocycles. The molecule has 0 saturated heterocycles. The molecule has 8 aromatic rings. The van der Waals surface area contributed by atoms with E-state index >= 15 is 0 Å². The fraction of sp³-hybridized carbons (Fsp3) is 0.160. The summed E-state index contributed by atoms with van der Waals surface area (Å²) in [7, 11) is 0. The summed E-state index contributed by atoms with van der Waals surface area (Å²) in [5.41, 5.74) is 11.0. The molecule has 11 rings (SSSR count). The van der Waals surface area contributed by atoms with E-state index in [1.807, 2.05) is 0 Å². The molecule has 2 nitrogen and oxygen atoms in total. The molecule has 0 radical (unpaired) electrons. The van der Waals surface area contributed by atoms with Gasteiger partial charge in [-0.2, -0.15) is 0 Å². The fourth-order valence-electron chi connectivity index (χ4n) is 9.23. The minimum Gasteiger partial charge on any atom is -0.310 e. The molecule has 1 aromatic heterocycles. The third kappa shape index (κ3) is 5.11. The van der Waals surface area contributed by atoms with Crippen molar-refractivity contribution in [3.05, 3.63) is 169 Å². The summed E-state index contributed by atoms with van der Waals surface area (Å²) in [5, 5.41) is 5.02. The van der Waals surface area contributed by atoms with Crippen LogP contribution >= 0.6 is 0 Å². The van der Waals surface area contributed by atoms with Gasteiger partial charge in [0, 0.05) is 44.9 Å². The number of anilines is 3. The Morgan fingerprint density at radius 3 is 1.87 bits per heavy atom. The zero-order valence-electron chi connectivity index (χ0n) is 29.5. The van der Waals surface area contributed by atoms with Crippen molar-refractivity contribution < 1.29 is 0 Å². The number of para-hydroxylation sites is 3. The quantitative estimate of drug-likeness (QED) is 0.160. The molecule has 2 atom stereocenters. The van der Waals surface area contributed by atoms with Crippen LogP contribution in [0.5, 0.6) is 0 Å². The highest BCUT2D eigenvalue weighted by Crippen LogP contribution is 2.47. The smallest absolute Gasteiger partial charge is 0.0541 e. The number of aromatic nitrogens is 1. The van der Waals surface area contributed by atoms with Gasteiger partial charge in [-0.25, -0.2) is 0 Å². The highest BCUT2D eigenvalue weighted by molar-refractivity contribution is 6.09. The Hall–Kier alpha value is -6.04. The number of hydrogen-bond acceptors (Lipinski definition) is 1. The number of nitrogens with zero attached hydrogens (tertiary/aromatic N) is 2. The van der Waals surface area contributed by atoms with E-state index in [4.69, 9.17) is 0 Å². The maximum absolute atomic E-state index is 3.60. The van der Waals surface area contributed by atoms with Gasteiger partial charge in [-0.15, -0.1) is 0 Å². The van der Waals surface area contributed by atoms with E-state index < -0.39 is 0 Å². The molecular weight excluding hydrogens is 629 g/mol. The predicted octanol–water partition coefficient (Wildman–Crippen LogP) is 13.2. The Bertz CT molecular complexity index is 2610. The van der Waals surface area contributed by atoms with Crippen LogP contribution in [0, 0.1) is 23.7 Å². The predicted molar refractivity (Wildman–Crippen MR) is 219 cm³/mol. The zero-order chi connectivity index (χ0) is 34.6. The topological polar surface area (TPSA) is 8.17 Å². The van der Waals surface area contributed by atoms with Crippen LogP contribution in [-0.4, -0.2) is 4.57 Å². The first-order valence-corrected chi connectivity index (χ1v) is 18.7. The highest BCUT2D eigenvalue weighted by Gasteiger charge is 2.37. The Kier molecular flexibility index (Phi) is 7.29. The lowest BCUT2D eigenvalue weighted by atomic mass is 9.73. The van der Waals surface area contributed by atoms with Gasteiger partial charge in [0.15, 0.2) is 0 Å². The van der Waals surface area contributed by atoms with Crippen molar-refractivity contribution in [2.45, 2.75) is 38.0 Å². The van der Waals surface area contributed by atoms with Gasteiger partial charge in [0.25, 0.3) is 0 Å². The third-order valence-corrected chi connectivity index (χ3v) is 11.7. The largest absolute Gasteiger partial charge is 0.310 e. The minimum absolute atomic E-state index is 0.0865. The minimum atomic E-state index is 0.0865. The molecule has 2 heteroatoms. The number of benzene rings is 7. The van der Waals surface area contributed by atoms with Crippen molar-refractivity contribution in [1.29, 1.82) is 0 Å². The molecule has 0 N–H and O–H groups in total. The van der Waals surface area contributed by atoms with Crippen LogP contribution in [0.3, 0.4) is 0 Å². The summed E-state index contributed by atoms with van der Waals surface area (Å²) in [6.07, 6.45) is 4.74. The van der Waals surface area contributed by atoms with Crippen molar-refractivity contribution >= 4 is 49.6 Å². The van der Waals surface area contributed by atoms with Crippen LogP contribution < -0.4 is 4.90 Å². The monoisotopic (exact) mass is 668 g/mol.